The van der Waals surface area contributed by atoms with Gasteiger partial charge in [0.1, 0.15) is 0 Å². The van der Waals surface area contributed by atoms with Crippen LogP contribution in [0.5, 0.6) is 0 Å². The maximum Gasteiger partial charge on any atom is 0.0743 e. The Hall–Kier alpha value is -0.120. The van der Waals surface area contributed by atoms with Crippen molar-refractivity contribution in [3.8, 4) is 0 Å². The highest BCUT2D eigenvalue weighted by molar-refractivity contribution is 4.85. The van der Waals surface area contributed by atoms with Crippen LogP contribution in [-0.2, 0) is 0 Å². The third kappa shape index (κ3) is 3.95. The fraction of sp³-hybridized carbons (Fsp3) is 1.00. The van der Waals surface area contributed by atoms with Gasteiger partial charge in [0.25, 0.3) is 0 Å². The second kappa shape index (κ2) is 5.10. The van der Waals surface area contributed by atoms with Gasteiger partial charge in [-0.15, -0.1) is 0 Å². The van der Waals surface area contributed by atoms with Crippen LogP contribution < -0.4 is 11.1 Å². The van der Waals surface area contributed by atoms with E-state index in [1.807, 2.05) is 6.92 Å². The highest BCUT2D eigenvalue weighted by Gasteiger charge is 2.25. The van der Waals surface area contributed by atoms with Crippen LogP contribution in [0.2, 0.25) is 0 Å². The summed E-state index contributed by atoms with van der Waals surface area (Å²) < 4.78 is 0. The van der Waals surface area contributed by atoms with Gasteiger partial charge < -0.3 is 16.2 Å². The summed E-state index contributed by atoms with van der Waals surface area (Å²) in [4.78, 5) is 0. The van der Waals surface area contributed by atoms with Gasteiger partial charge in [-0.25, -0.2) is 0 Å². The van der Waals surface area contributed by atoms with Crippen molar-refractivity contribution in [3.05, 3.63) is 0 Å². The first-order valence-corrected chi connectivity index (χ1v) is 5.75. The average Bonchev–Trinajstić information content (AvgIpc) is 2.48. The Bertz CT molecular complexity index is 171. The van der Waals surface area contributed by atoms with Crippen molar-refractivity contribution in [2.45, 2.75) is 63.6 Å². The topological polar surface area (TPSA) is 58.3 Å². The molecule has 1 rings (SSSR count). The molecule has 0 aromatic rings. The number of nitrogens with one attached hydrogen (secondary N) is 1. The molecular formula is C11H24N2O. The van der Waals surface area contributed by atoms with E-state index in [2.05, 4.69) is 12.2 Å². The van der Waals surface area contributed by atoms with E-state index in [9.17, 15) is 5.11 Å². The Morgan fingerprint density at radius 1 is 1.50 bits per heavy atom. The molecule has 0 radical (unpaired) electrons. The Labute approximate surface area is 87.1 Å². The number of rotatable bonds is 5. The molecule has 3 heteroatoms. The Morgan fingerprint density at radius 2 is 2.21 bits per heavy atom. The Kier molecular flexibility index (Phi) is 4.35. The minimum atomic E-state index is -0.554. The molecule has 0 aliphatic heterocycles. The van der Waals surface area contributed by atoms with Gasteiger partial charge in [-0.3, -0.25) is 0 Å². The van der Waals surface area contributed by atoms with Gasteiger partial charge in [-0.2, -0.15) is 0 Å². The molecule has 84 valence electrons. The predicted molar refractivity (Wildman–Crippen MR) is 59.1 cm³/mol. The van der Waals surface area contributed by atoms with Crippen LogP contribution in [0.25, 0.3) is 0 Å². The van der Waals surface area contributed by atoms with Crippen LogP contribution in [0, 0.1) is 0 Å². The van der Waals surface area contributed by atoms with E-state index in [4.69, 9.17) is 5.73 Å². The number of nitrogens with two attached hydrogens (primary N) is 1. The van der Waals surface area contributed by atoms with Gasteiger partial charge in [-0.1, -0.05) is 13.3 Å². The van der Waals surface area contributed by atoms with E-state index in [-0.39, 0.29) is 0 Å². The summed E-state index contributed by atoms with van der Waals surface area (Å²) in [6.07, 6.45) is 5.22. The molecule has 3 atom stereocenters. The highest BCUT2D eigenvalue weighted by atomic mass is 16.3. The van der Waals surface area contributed by atoms with E-state index in [0.717, 1.165) is 32.1 Å². The smallest absolute Gasteiger partial charge is 0.0743 e. The van der Waals surface area contributed by atoms with Gasteiger partial charge in [0.2, 0.25) is 0 Å². The summed E-state index contributed by atoms with van der Waals surface area (Å²) in [6.45, 7) is 4.69. The highest BCUT2D eigenvalue weighted by Crippen LogP contribution is 2.18. The fourth-order valence-electron chi connectivity index (χ4n) is 2.19. The molecule has 4 N–H and O–H groups in total. The van der Waals surface area contributed by atoms with Gasteiger partial charge in [-0.05, 0) is 32.6 Å². The molecule has 3 unspecified atom stereocenters. The van der Waals surface area contributed by atoms with Crippen LogP contribution in [0.3, 0.4) is 0 Å². The minimum Gasteiger partial charge on any atom is -0.389 e. The molecule has 0 spiro atoms. The van der Waals surface area contributed by atoms with E-state index in [0.29, 0.717) is 18.6 Å². The molecular weight excluding hydrogens is 176 g/mol. The summed E-state index contributed by atoms with van der Waals surface area (Å²) in [5.41, 5.74) is 5.27. The molecule has 0 bridgehead atoms. The SMILES string of the molecule is CCCC(C)(O)CNC1CCC(N)C1. The first-order chi connectivity index (χ1) is 6.53. The first-order valence-electron chi connectivity index (χ1n) is 5.75. The van der Waals surface area contributed by atoms with Crippen LogP contribution in [0.4, 0.5) is 0 Å². The van der Waals surface area contributed by atoms with Crippen molar-refractivity contribution in [2.24, 2.45) is 5.73 Å². The molecule has 3 nitrogen and oxygen atoms in total. The summed E-state index contributed by atoms with van der Waals surface area (Å²) in [7, 11) is 0. The normalized spacial score (nSPS) is 31.7. The fourth-order valence-corrected chi connectivity index (χ4v) is 2.19. The summed E-state index contributed by atoms with van der Waals surface area (Å²) in [5, 5.41) is 13.4. The lowest BCUT2D eigenvalue weighted by Gasteiger charge is -2.25. The summed E-state index contributed by atoms with van der Waals surface area (Å²) in [6, 6.07) is 0.886. The summed E-state index contributed by atoms with van der Waals surface area (Å²) in [5.74, 6) is 0. The van der Waals surface area contributed by atoms with Crippen LogP contribution in [-0.4, -0.2) is 29.3 Å². The number of hydrogen-bond acceptors (Lipinski definition) is 3. The van der Waals surface area contributed by atoms with Crippen molar-refractivity contribution in [3.63, 3.8) is 0 Å². The van der Waals surface area contributed by atoms with Crippen molar-refractivity contribution >= 4 is 0 Å². The monoisotopic (exact) mass is 200 g/mol. The minimum absolute atomic E-state index is 0.364. The lowest BCUT2D eigenvalue weighted by atomic mass is 10.0. The van der Waals surface area contributed by atoms with Crippen LogP contribution in [0.15, 0.2) is 0 Å². The zero-order chi connectivity index (χ0) is 10.6. The van der Waals surface area contributed by atoms with Crippen LogP contribution >= 0.6 is 0 Å². The molecule has 0 aromatic carbocycles. The standard InChI is InChI=1S/C11H24N2O/c1-3-6-11(2,14)8-13-10-5-4-9(12)7-10/h9-10,13-14H,3-8,12H2,1-2H3. The largest absolute Gasteiger partial charge is 0.389 e. The van der Waals surface area contributed by atoms with E-state index in [1.165, 1.54) is 0 Å². The van der Waals surface area contributed by atoms with E-state index >= 15 is 0 Å². The van der Waals surface area contributed by atoms with Crippen LogP contribution in [0.1, 0.15) is 46.0 Å². The molecule has 1 fully saturated rings. The zero-order valence-electron chi connectivity index (χ0n) is 9.42. The van der Waals surface area contributed by atoms with Gasteiger partial charge >= 0.3 is 0 Å². The Morgan fingerprint density at radius 3 is 2.71 bits per heavy atom. The van der Waals surface area contributed by atoms with Gasteiger partial charge in [0.05, 0.1) is 5.60 Å². The van der Waals surface area contributed by atoms with E-state index in [1.54, 1.807) is 0 Å². The third-order valence-corrected chi connectivity index (χ3v) is 3.03. The predicted octanol–water partition coefficient (Wildman–Crippen LogP) is 1.01. The van der Waals surface area contributed by atoms with Gasteiger partial charge in [0, 0.05) is 18.6 Å². The lowest BCUT2D eigenvalue weighted by Crippen LogP contribution is -2.42. The molecule has 1 saturated carbocycles. The number of aliphatic hydroxyl groups is 1. The number of hydrogen-bond donors (Lipinski definition) is 3. The summed E-state index contributed by atoms with van der Waals surface area (Å²) >= 11 is 0. The van der Waals surface area contributed by atoms with Crippen molar-refractivity contribution in [1.82, 2.24) is 5.32 Å². The second-order valence-corrected chi connectivity index (χ2v) is 4.90. The maximum atomic E-state index is 9.95. The van der Waals surface area contributed by atoms with Crippen molar-refractivity contribution in [2.75, 3.05) is 6.54 Å². The molecule has 1 aliphatic rings. The molecule has 0 aromatic heterocycles. The van der Waals surface area contributed by atoms with E-state index < -0.39 is 5.60 Å². The van der Waals surface area contributed by atoms with Crippen molar-refractivity contribution in [1.29, 1.82) is 0 Å². The average molecular weight is 200 g/mol. The molecule has 0 heterocycles. The molecule has 0 amide bonds. The molecule has 1 aliphatic carbocycles. The zero-order valence-corrected chi connectivity index (χ0v) is 9.42. The lowest BCUT2D eigenvalue weighted by molar-refractivity contribution is 0.0473. The van der Waals surface area contributed by atoms with Crippen molar-refractivity contribution < 1.29 is 5.11 Å². The third-order valence-electron chi connectivity index (χ3n) is 3.03. The maximum absolute atomic E-state index is 9.95. The molecule has 0 saturated heterocycles. The molecule has 14 heavy (non-hydrogen) atoms. The van der Waals surface area contributed by atoms with Gasteiger partial charge in [0.15, 0.2) is 0 Å². The second-order valence-electron chi connectivity index (χ2n) is 4.90. The Balaban J connectivity index is 2.19. The quantitative estimate of drug-likeness (QED) is 0.620. The first kappa shape index (κ1) is 12.0.